The van der Waals surface area contributed by atoms with E-state index in [0.29, 0.717) is 17.9 Å². The number of carbonyl (C=O) groups excluding carboxylic acids is 3. The van der Waals surface area contributed by atoms with Gasteiger partial charge in [-0.3, -0.25) is 14.4 Å². The number of hydrogen-bond donors (Lipinski definition) is 4. The van der Waals surface area contributed by atoms with Gasteiger partial charge >= 0.3 is 0 Å². The lowest BCUT2D eigenvalue weighted by Crippen LogP contribution is -2.38. The van der Waals surface area contributed by atoms with Crippen LogP contribution in [-0.4, -0.2) is 58.8 Å². The number of benzene rings is 2. The lowest BCUT2D eigenvalue weighted by Gasteiger charge is -2.26. The lowest BCUT2D eigenvalue weighted by atomic mass is 10.1. The number of anilines is 2. The van der Waals surface area contributed by atoms with Crippen molar-refractivity contribution in [3.8, 4) is 0 Å². The molecule has 4 N–H and O–H groups in total. The Labute approximate surface area is 212 Å². The van der Waals surface area contributed by atoms with Gasteiger partial charge in [0.2, 0.25) is 0 Å². The number of aromatic nitrogens is 2. The van der Waals surface area contributed by atoms with Gasteiger partial charge in [-0.1, -0.05) is 18.0 Å². The molecule has 2 heterocycles. The Morgan fingerprint density at radius 2 is 1.61 bits per heavy atom. The number of carbonyl (C=O) groups is 3. The second-order valence-electron chi connectivity index (χ2n) is 8.39. The summed E-state index contributed by atoms with van der Waals surface area (Å²) in [5.74, 6) is -1.98. The van der Waals surface area contributed by atoms with Gasteiger partial charge < -0.3 is 25.8 Å². The minimum atomic E-state index is -0.549. The summed E-state index contributed by atoms with van der Waals surface area (Å²) in [5, 5.41) is 8.19. The Morgan fingerprint density at radius 1 is 0.944 bits per heavy atom. The maximum atomic E-state index is 13.2. The topological polar surface area (TPSA) is 119 Å². The van der Waals surface area contributed by atoms with Crippen molar-refractivity contribution in [1.82, 2.24) is 20.2 Å². The molecule has 3 amide bonds. The first-order valence-electron chi connectivity index (χ1n) is 11.6. The first-order valence-corrected chi connectivity index (χ1v) is 12.0. The van der Waals surface area contributed by atoms with Gasteiger partial charge in [0.15, 0.2) is 5.69 Å². The largest absolute Gasteiger partial charge is 0.349 e. The van der Waals surface area contributed by atoms with Gasteiger partial charge in [-0.2, -0.15) is 0 Å². The van der Waals surface area contributed by atoms with E-state index >= 15 is 0 Å². The van der Waals surface area contributed by atoms with Crippen LogP contribution < -0.4 is 16.0 Å². The summed E-state index contributed by atoms with van der Waals surface area (Å²) in [4.78, 5) is 46.8. The van der Waals surface area contributed by atoms with Crippen LogP contribution in [0.1, 0.15) is 50.6 Å². The molecule has 1 fully saturated rings. The predicted octanol–water partition coefficient (Wildman–Crippen LogP) is 3.92. The molecular weight excluding hydrogens is 487 g/mol. The summed E-state index contributed by atoms with van der Waals surface area (Å²) in [6.45, 7) is 3.32. The molecule has 0 bridgehead atoms. The van der Waals surface area contributed by atoms with E-state index in [9.17, 15) is 18.8 Å². The smallest absolute Gasteiger partial charge is 0.276 e. The van der Waals surface area contributed by atoms with E-state index in [1.807, 2.05) is 0 Å². The first-order chi connectivity index (χ1) is 17.4. The molecule has 4 rings (SSSR count). The van der Waals surface area contributed by atoms with Gasteiger partial charge in [0.1, 0.15) is 11.5 Å². The number of nitrogens with one attached hydrogen (secondary N) is 4. The Morgan fingerprint density at radius 3 is 2.28 bits per heavy atom. The number of likely N-dealkylation sites (tertiary alicyclic amines) is 1. The zero-order valence-corrected chi connectivity index (χ0v) is 20.2. The first kappa shape index (κ1) is 25.3. The van der Waals surface area contributed by atoms with Gasteiger partial charge in [0.25, 0.3) is 17.7 Å². The zero-order chi connectivity index (χ0) is 25.5. The molecule has 3 aromatic rings. The second kappa shape index (κ2) is 11.8. The van der Waals surface area contributed by atoms with Crippen molar-refractivity contribution in [2.75, 3.05) is 36.8 Å². The van der Waals surface area contributed by atoms with Crippen molar-refractivity contribution in [2.45, 2.75) is 19.3 Å². The molecule has 188 valence electrons. The van der Waals surface area contributed by atoms with Crippen LogP contribution in [0.3, 0.4) is 0 Å². The fourth-order valence-corrected chi connectivity index (χ4v) is 4.19. The summed E-state index contributed by atoms with van der Waals surface area (Å²) in [6, 6.07) is 9.86. The van der Waals surface area contributed by atoms with Crippen LogP contribution in [0.25, 0.3) is 0 Å². The standard InChI is InChI=1S/C25H26ClFN6O3/c26-20-14-16(27)4-9-19(20)23(34)31-17-5-7-18(8-6-17)32-25(36)22-21(29-15-30-22)24(35)28-10-13-33-11-2-1-3-12-33/h4-9,14-15H,1-3,10-13H2,(H,28,35)(H,29,30)(H,31,34)(H,32,36). The van der Waals surface area contributed by atoms with Crippen molar-refractivity contribution >= 4 is 40.7 Å². The number of hydrogen-bond acceptors (Lipinski definition) is 5. The molecule has 0 aliphatic carbocycles. The summed E-state index contributed by atoms with van der Waals surface area (Å²) >= 11 is 5.93. The van der Waals surface area contributed by atoms with E-state index < -0.39 is 23.5 Å². The van der Waals surface area contributed by atoms with Crippen LogP contribution in [0.4, 0.5) is 15.8 Å². The van der Waals surface area contributed by atoms with Crippen LogP contribution in [0.2, 0.25) is 5.02 Å². The van der Waals surface area contributed by atoms with Crippen LogP contribution in [-0.2, 0) is 0 Å². The van der Waals surface area contributed by atoms with E-state index in [2.05, 4.69) is 30.8 Å². The third kappa shape index (κ3) is 6.46. The number of nitrogens with zero attached hydrogens (tertiary/aromatic N) is 2. The van der Waals surface area contributed by atoms with Crippen LogP contribution >= 0.6 is 11.6 Å². The molecule has 1 saturated heterocycles. The van der Waals surface area contributed by atoms with E-state index in [4.69, 9.17) is 11.6 Å². The molecule has 2 aromatic carbocycles. The van der Waals surface area contributed by atoms with Crippen LogP contribution in [0.15, 0.2) is 48.8 Å². The molecule has 0 spiro atoms. The average molecular weight is 513 g/mol. The summed E-state index contributed by atoms with van der Waals surface area (Å²) in [7, 11) is 0. The molecule has 11 heteroatoms. The van der Waals surface area contributed by atoms with Crippen molar-refractivity contribution < 1.29 is 18.8 Å². The number of H-pyrrole nitrogens is 1. The minimum absolute atomic E-state index is 0.00159. The maximum absolute atomic E-state index is 13.2. The van der Waals surface area contributed by atoms with Crippen molar-refractivity contribution in [3.63, 3.8) is 0 Å². The molecule has 1 aliphatic rings. The lowest BCUT2D eigenvalue weighted by molar-refractivity contribution is 0.0929. The van der Waals surface area contributed by atoms with E-state index in [0.717, 1.165) is 31.8 Å². The Balaban J connectivity index is 1.31. The quantitative estimate of drug-likeness (QED) is 0.365. The Bertz CT molecular complexity index is 1240. The molecule has 1 aromatic heterocycles. The second-order valence-corrected chi connectivity index (χ2v) is 8.80. The van der Waals surface area contributed by atoms with Crippen molar-refractivity contribution in [1.29, 1.82) is 0 Å². The summed E-state index contributed by atoms with van der Waals surface area (Å²) < 4.78 is 13.2. The van der Waals surface area contributed by atoms with E-state index in [-0.39, 0.29) is 22.0 Å². The molecule has 0 atom stereocenters. The van der Waals surface area contributed by atoms with Gasteiger partial charge in [0, 0.05) is 24.5 Å². The summed E-state index contributed by atoms with van der Waals surface area (Å²) in [6.07, 6.45) is 4.90. The number of amides is 3. The highest BCUT2D eigenvalue weighted by Crippen LogP contribution is 2.20. The van der Waals surface area contributed by atoms with Gasteiger partial charge in [-0.15, -0.1) is 0 Å². The fourth-order valence-electron chi connectivity index (χ4n) is 3.94. The van der Waals surface area contributed by atoms with E-state index in [1.165, 1.54) is 31.7 Å². The molecule has 0 saturated carbocycles. The highest BCUT2D eigenvalue weighted by molar-refractivity contribution is 6.34. The SMILES string of the molecule is O=C(Nc1ccc(NC(=O)c2nc[nH]c2C(=O)NCCN2CCCCC2)cc1)c1ccc(F)cc1Cl. The van der Waals surface area contributed by atoms with Crippen molar-refractivity contribution in [3.05, 3.63) is 76.6 Å². The molecule has 0 unspecified atom stereocenters. The van der Waals surface area contributed by atoms with Gasteiger partial charge in [0.05, 0.1) is 16.9 Å². The molecule has 1 aliphatic heterocycles. The number of halogens is 2. The van der Waals surface area contributed by atoms with Gasteiger partial charge in [-0.05, 0) is 68.4 Å². The number of imidazole rings is 1. The Kier molecular flexibility index (Phi) is 8.29. The normalized spacial score (nSPS) is 13.7. The number of rotatable bonds is 8. The monoisotopic (exact) mass is 512 g/mol. The zero-order valence-electron chi connectivity index (χ0n) is 19.4. The third-order valence-corrected chi connectivity index (χ3v) is 6.13. The number of piperidine rings is 1. The minimum Gasteiger partial charge on any atom is -0.349 e. The Hall–Kier alpha value is -3.76. The molecular formula is C25H26ClFN6O3. The van der Waals surface area contributed by atoms with Crippen molar-refractivity contribution in [2.24, 2.45) is 0 Å². The van der Waals surface area contributed by atoms with Crippen LogP contribution in [0, 0.1) is 5.82 Å². The summed E-state index contributed by atoms with van der Waals surface area (Å²) in [5.41, 5.74) is 1.10. The molecule has 0 radical (unpaired) electrons. The van der Waals surface area contributed by atoms with Crippen LogP contribution in [0.5, 0.6) is 0 Å². The molecule has 36 heavy (non-hydrogen) atoms. The fraction of sp³-hybridized carbons (Fsp3) is 0.280. The third-order valence-electron chi connectivity index (χ3n) is 5.82. The average Bonchev–Trinajstić information content (AvgIpc) is 3.36. The maximum Gasteiger partial charge on any atom is 0.276 e. The molecule has 9 nitrogen and oxygen atoms in total. The highest BCUT2D eigenvalue weighted by atomic mass is 35.5. The van der Waals surface area contributed by atoms with E-state index in [1.54, 1.807) is 24.3 Å². The van der Waals surface area contributed by atoms with Gasteiger partial charge in [-0.25, -0.2) is 9.37 Å². The highest BCUT2D eigenvalue weighted by Gasteiger charge is 2.21. The predicted molar refractivity (Wildman–Crippen MR) is 135 cm³/mol. The number of aromatic amines is 1.